The van der Waals surface area contributed by atoms with Crippen LogP contribution in [0.5, 0.6) is 0 Å². The van der Waals surface area contributed by atoms with Crippen molar-refractivity contribution in [3.63, 3.8) is 0 Å². The molecule has 0 saturated heterocycles. The van der Waals surface area contributed by atoms with Crippen LogP contribution < -0.4 is 0 Å². The van der Waals surface area contributed by atoms with E-state index >= 15 is 0 Å². The van der Waals surface area contributed by atoms with Gasteiger partial charge in [-0.2, -0.15) is 0 Å². The Hall–Kier alpha value is -0.260. The molecule has 0 spiro atoms. The fraction of sp³-hybridized carbons (Fsp3) is 0.818. The van der Waals surface area contributed by atoms with Crippen molar-refractivity contribution >= 4 is 0 Å². The highest BCUT2D eigenvalue weighted by Crippen LogP contribution is 2.41. The molecule has 0 bridgehead atoms. The molecule has 0 aromatic heterocycles. The fourth-order valence-corrected chi connectivity index (χ4v) is 2.05. The first kappa shape index (κ1) is 8.83. The Morgan fingerprint density at radius 2 is 2.18 bits per heavy atom. The molecular weight excluding hydrogens is 132 g/mol. The fourth-order valence-electron chi connectivity index (χ4n) is 2.05. The largest absolute Gasteiger partial charge is 0.0914 e. The van der Waals surface area contributed by atoms with E-state index < -0.39 is 0 Å². The van der Waals surface area contributed by atoms with Gasteiger partial charge in [-0.3, -0.25) is 0 Å². The van der Waals surface area contributed by atoms with Gasteiger partial charge in [-0.15, -0.1) is 0 Å². The number of hydrogen-bond acceptors (Lipinski definition) is 0. The van der Waals surface area contributed by atoms with Crippen molar-refractivity contribution in [3.8, 4) is 0 Å². The second-order valence-corrected chi connectivity index (χ2v) is 3.82. The molecular formula is C11H20. The standard InChI is InChI=1S/C11H20/c1-4-6-10-7-8-11(10)9(3)5-2/h4,6,9-11H,5,7-8H2,1-3H3. The zero-order chi connectivity index (χ0) is 8.27. The minimum atomic E-state index is 0.912. The number of hydrogen-bond donors (Lipinski definition) is 0. The molecule has 0 heteroatoms. The molecule has 0 heterocycles. The van der Waals surface area contributed by atoms with Crippen LogP contribution in [0.25, 0.3) is 0 Å². The summed E-state index contributed by atoms with van der Waals surface area (Å²) >= 11 is 0. The van der Waals surface area contributed by atoms with Gasteiger partial charge in [-0.25, -0.2) is 0 Å². The summed E-state index contributed by atoms with van der Waals surface area (Å²) in [6.45, 7) is 6.82. The predicted octanol–water partition coefficient (Wildman–Crippen LogP) is 3.63. The molecule has 3 unspecified atom stereocenters. The lowest BCUT2D eigenvalue weighted by Crippen LogP contribution is -2.29. The average Bonchev–Trinajstić information content (AvgIpc) is 1.98. The SMILES string of the molecule is CC=CC1CCC1C(C)CC. The summed E-state index contributed by atoms with van der Waals surface area (Å²) in [6.07, 6.45) is 8.83. The van der Waals surface area contributed by atoms with Gasteiger partial charge in [0.15, 0.2) is 0 Å². The van der Waals surface area contributed by atoms with Crippen LogP contribution in [0.3, 0.4) is 0 Å². The summed E-state index contributed by atoms with van der Waals surface area (Å²) < 4.78 is 0. The van der Waals surface area contributed by atoms with Crippen molar-refractivity contribution in [2.75, 3.05) is 0 Å². The van der Waals surface area contributed by atoms with Crippen LogP contribution in [0.2, 0.25) is 0 Å². The van der Waals surface area contributed by atoms with Crippen molar-refractivity contribution in [2.45, 2.75) is 40.0 Å². The molecule has 1 aliphatic rings. The quantitative estimate of drug-likeness (QED) is 0.542. The minimum absolute atomic E-state index is 0.912. The van der Waals surface area contributed by atoms with Gasteiger partial charge < -0.3 is 0 Å². The van der Waals surface area contributed by atoms with Gasteiger partial charge in [-0.1, -0.05) is 32.4 Å². The van der Waals surface area contributed by atoms with Crippen molar-refractivity contribution in [3.05, 3.63) is 12.2 Å². The zero-order valence-electron chi connectivity index (χ0n) is 8.01. The first-order chi connectivity index (χ1) is 5.29. The van der Waals surface area contributed by atoms with E-state index in [0.29, 0.717) is 0 Å². The van der Waals surface area contributed by atoms with Crippen LogP contribution in [0.1, 0.15) is 40.0 Å². The Bertz CT molecular complexity index is 135. The van der Waals surface area contributed by atoms with E-state index in [0.717, 1.165) is 17.8 Å². The van der Waals surface area contributed by atoms with Gasteiger partial charge in [0.25, 0.3) is 0 Å². The van der Waals surface area contributed by atoms with E-state index in [-0.39, 0.29) is 0 Å². The normalized spacial score (nSPS) is 33.7. The highest BCUT2D eigenvalue weighted by molar-refractivity contribution is 4.97. The first-order valence-electron chi connectivity index (χ1n) is 4.92. The summed E-state index contributed by atoms with van der Waals surface area (Å²) in [6, 6.07) is 0. The monoisotopic (exact) mass is 152 g/mol. The van der Waals surface area contributed by atoms with E-state index in [2.05, 4.69) is 32.9 Å². The molecule has 1 fully saturated rings. The molecule has 0 amide bonds. The van der Waals surface area contributed by atoms with Crippen LogP contribution in [0.4, 0.5) is 0 Å². The van der Waals surface area contributed by atoms with Crippen molar-refractivity contribution in [2.24, 2.45) is 17.8 Å². The Morgan fingerprint density at radius 3 is 2.55 bits per heavy atom. The maximum absolute atomic E-state index is 2.39. The zero-order valence-corrected chi connectivity index (χ0v) is 8.01. The Labute approximate surface area is 70.7 Å². The van der Waals surface area contributed by atoms with E-state index in [1.54, 1.807) is 0 Å². The summed E-state index contributed by atoms with van der Waals surface area (Å²) in [5.74, 6) is 2.84. The highest BCUT2D eigenvalue weighted by Gasteiger charge is 2.31. The van der Waals surface area contributed by atoms with Crippen LogP contribution >= 0.6 is 0 Å². The number of allylic oxidation sites excluding steroid dienone is 2. The van der Waals surface area contributed by atoms with Gasteiger partial charge in [0.1, 0.15) is 0 Å². The third kappa shape index (κ3) is 1.85. The van der Waals surface area contributed by atoms with E-state index in [4.69, 9.17) is 0 Å². The predicted molar refractivity (Wildman–Crippen MR) is 50.5 cm³/mol. The van der Waals surface area contributed by atoms with Gasteiger partial charge in [-0.05, 0) is 37.5 Å². The summed E-state index contributed by atoms with van der Waals surface area (Å²) in [4.78, 5) is 0. The lowest BCUT2D eigenvalue weighted by Gasteiger charge is -2.38. The van der Waals surface area contributed by atoms with Crippen LogP contribution in [-0.4, -0.2) is 0 Å². The van der Waals surface area contributed by atoms with E-state index in [1.807, 2.05) is 0 Å². The molecule has 0 aliphatic heterocycles. The van der Waals surface area contributed by atoms with Crippen molar-refractivity contribution in [1.82, 2.24) is 0 Å². The maximum atomic E-state index is 2.39. The molecule has 0 aromatic carbocycles. The molecule has 0 N–H and O–H groups in total. The molecule has 11 heavy (non-hydrogen) atoms. The molecule has 1 saturated carbocycles. The van der Waals surface area contributed by atoms with Gasteiger partial charge in [0.05, 0.1) is 0 Å². The Balaban J connectivity index is 2.36. The minimum Gasteiger partial charge on any atom is -0.0914 e. The molecule has 1 rings (SSSR count). The van der Waals surface area contributed by atoms with Crippen molar-refractivity contribution < 1.29 is 0 Å². The first-order valence-corrected chi connectivity index (χ1v) is 4.92. The van der Waals surface area contributed by atoms with Gasteiger partial charge in [0, 0.05) is 0 Å². The lowest BCUT2D eigenvalue weighted by atomic mass is 9.67. The molecule has 0 radical (unpaired) electrons. The molecule has 64 valence electrons. The smallest absolute Gasteiger partial charge is 0.0203 e. The van der Waals surface area contributed by atoms with E-state index in [9.17, 15) is 0 Å². The topological polar surface area (TPSA) is 0 Å². The maximum Gasteiger partial charge on any atom is -0.0203 e. The van der Waals surface area contributed by atoms with E-state index in [1.165, 1.54) is 19.3 Å². The lowest BCUT2D eigenvalue weighted by molar-refractivity contribution is 0.149. The molecule has 3 atom stereocenters. The van der Waals surface area contributed by atoms with Crippen LogP contribution in [0.15, 0.2) is 12.2 Å². The Morgan fingerprint density at radius 1 is 1.45 bits per heavy atom. The average molecular weight is 152 g/mol. The Kier molecular flexibility index (Phi) is 3.16. The summed E-state index contributed by atoms with van der Waals surface area (Å²) in [5.41, 5.74) is 0. The third-order valence-electron chi connectivity index (χ3n) is 3.20. The number of rotatable bonds is 3. The second kappa shape index (κ2) is 3.94. The van der Waals surface area contributed by atoms with Crippen LogP contribution in [-0.2, 0) is 0 Å². The van der Waals surface area contributed by atoms with Gasteiger partial charge in [0.2, 0.25) is 0 Å². The summed E-state index contributed by atoms with van der Waals surface area (Å²) in [7, 11) is 0. The van der Waals surface area contributed by atoms with Crippen molar-refractivity contribution in [1.29, 1.82) is 0 Å². The highest BCUT2D eigenvalue weighted by atomic mass is 14.4. The second-order valence-electron chi connectivity index (χ2n) is 3.82. The van der Waals surface area contributed by atoms with Crippen LogP contribution in [0, 0.1) is 17.8 Å². The summed E-state index contributed by atoms with van der Waals surface area (Å²) in [5, 5.41) is 0. The molecule has 0 nitrogen and oxygen atoms in total. The molecule has 0 aromatic rings. The molecule has 1 aliphatic carbocycles. The van der Waals surface area contributed by atoms with Gasteiger partial charge >= 0.3 is 0 Å². The third-order valence-corrected chi connectivity index (χ3v) is 3.20.